The molecule has 0 saturated heterocycles. The molecule has 1 amide bonds. The van der Waals surface area contributed by atoms with Gasteiger partial charge in [0.15, 0.2) is 0 Å². The molecule has 26 heavy (non-hydrogen) atoms. The van der Waals surface area contributed by atoms with Crippen molar-refractivity contribution in [3.05, 3.63) is 29.3 Å². The van der Waals surface area contributed by atoms with E-state index in [0.29, 0.717) is 30.1 Å². The number of benzene rings is 1. The van der Waals surface area contributed by atoms with Crippen LogP contribution in [0.5, 0.6) is 0 Å². The molecule has 1 fully saturated rings. The van der Waals surface area contributed by atoms with E-state index in [1.165, 1.54) is 17.0 Å². The Balaban J connectivity index is 1.77. The van der Waals surface area contributed by atoms with E-state index in [2.05, 4.69) is 26.1 Å². The van der Waals surface area contributed by atoms with E-state index < -0.39 is 10.0 Å². The lowest BCUT2D eigenvalue weighted by Gasteiger charge is -2.40. The molecule has 3 rings (SSSR count). The summed E-state index contributed by atoms with van der Waals surface area (Å²) in [5.41, 5.74) is 2.43. The van der Waals surface area contributed by atoms with Crippen molar-refractivity contribution in [2.45, 2.75) is 58.9 Å². The molecule has 0 bridgehead atoms. The Bertz CT molecular complexity index is 796. The number of nitrogens with one attached hydrogen (secondary N) is 1. The van der Waals surface area contributed by atoms with E-state index in [1.807, 2.05) is 6.07 Å². The molecular weight excluding hydrogens is 348 g/mol. The second-order valence-electron chi connectivity index (χ2n) is 8.77. The fraction of sp³-hybridized carbons (Fsp3) is 0.650. The lowest BCUT2D eigenvalue weighted by atomic mass is 9.69. The highest BCUT2D eigenvalue weighted by Crippen LogP contribution is 2.38. The Labute approximate surface area is 157 Å². The van der Waals surface area contributed by atoms with E-state index in [1.54, 1.807) is 12.1 Å². The Morgan fingerprint density at radius 2 is 1.88 bits per heavy atom. The summed E-state index contributed by atoms with van der Waals surface area (Å²) < 4.78 is 25.1. The van der Waals surface area contributed by atoms with Crippen molar-refractivity contribution >= 4 is 21.6 Å². The molecule has 1 heterocycles. The van der Waals surface area contributed by atoms with Crippen molar-refractivity contribution in [3.63, 3.8) is 0 Å². The van der Waals surface area contributed by atoms with Gasteiger partial charge in [0, 0.05) is 18.2 Å². The van der Waals surface area contributed by atoms with Crippen LogP contribution < -0.4 is 9.62 Å². The summed E-state index contributed by atoms with van der Waals surface area (Å²) in [5, 5.41) is 3.25. The van der Waals surface area contributed by atoms with Gasteiger partial charge < -0.3 is 5.32 Å². The van der Waals surface area contributed by atoms with E-state index >= 15 is 0 Å². The van der Waals surface area contributed by atoms with Crippen LogP contribution in [-0.2, 0) is 16.4 Å². The molecule has 0 aromatic heterocycles. The summed E-state index contributed by atoms with van der Waals surface area (Å²) >= 11 is 0. The first-order chi connectivity index (χ1) is 12.1. The van der Waals surface area contributed by atoms with Crippen LogP contribution in [0.3, 0.4) is 0 Å². The van der Waals surface area contributed by atoms with Gasteiger partial charge in [0.1, 0.15) is 0 Å². The first-order valence-electron chi connectivity index (χ1n) is 9.49. The van der Waals surface area contributed by atoms with Gasteiger partial charge >= 0.3 is 0 Å². The van der Waals surface area contributed by atoms with Gasteiger partial charge in [0.2, 0.25) is 10.0 Å². The van der Waals surface area contributed by atoms with Gasteiger partial charge in [-0.2, -0.15) is 0 Å². The molecule has 144 valence electrons. The molecule has 1 aromatic carbocycles. The number of hydrogen-bond donors (Lipinski definition) is 1. The molecule has 1 N–H and O–H groups in total. The Morgan fingerprint density at radius 1 is 1.19 bits per heavy atom. The minimum atomic E-state index is -3.26. The standard InChI is InChI=1S/C20H30N2O3S/c1-20(2,3)16-7-5-6-8-17(16)21-19(23)15-9-10-18-14(13-15)11-12-22(18)26(4,24)25/h9-10,13,16-17H,5-8,11-12H2,1-4H3,(H,21,23). The second-order valence-corrected chi connectivity index (χ2v) is 10.7. The van der Waals surface area contributed by atoms with Crippen LogP contribution in [0.2, 0.25) is 0 Å². The van der Waals surface area contributed by atoms with Crippen LogP contribution in [-0.4, -0.2) is 33.2 Å². The molecule has 1 aromatic rings. The third kappa shape index (κ3) is 3.90. The zero-order chi connectivity index (χ0) is 19.1. The van der Waals surface area contributed by atoms with Gasteiger partial charge in [0.25, 0.3) is 5.91 Å². The van der Waals surface area contributed by atoms with Crippen molar-refractivity contribution in [1.82, 2.24) is 5.32 Å². The van der Waals surface area contributed by atoms with Crippen LogP contribution in [0.15, 0.2) is 18.2 Å². The summed E-state index contributed by atoms with van der Waals surface area (Å²) in [5.74, 6) is 0.433. The number of carbonyl (C=O) groups is 1. The van der Waals surface area contributed by atoms with Crippen LogP contribution in [0.1, 0.15) is 62.4 Å². The van der Waals surface area contributed by atoms with Crippen LogP contribution in [0.4, 0.5) is 5.69 Å². The summed E-state index contributed by atoms with van der Waals surface area (Å²) in [4.78, 5) is 12.8. The fourth-order valence-corrected chi connectivity index (χ4v) is 5.41. The Hall–Kier alpha value is -1.56. The Morgan fingerprint density at radius 3 is 2.54 bits per heavy atom. The van der Waals surface area contributed by atoms with Gasteiger partial charge in [-0.3, -0.25) is 9.10 Å². The molecule has 0 spiro atoms. The SMILES string of the molecule is CC(C)(C)C1CCCCC1NC(=O)c1ccc2c(c1)CCN2S(C)(=O)=O. The van der Waals surface area contributed by atoms with Gasteiger partial charge in [-0.15, -0.1) is 0 Å². The predicted octanol–water partition coefficient (Wildman–Crippen LogP) is 3.34. The van der Waals surface area contributed by atoms with E-state index in [-0.39, 0.29) is 17.4 Å². The topological polar surface area (TPSA) is 66.5 Å². The van der Waals surface area contributed by atoms with Crippen LogP contribution in [0.25, 0.3) is 0 Å². The maximum atomic E-state index is 12.8. The van der Waals surface area contributed by atoms with Crippen LogP contribution in [0, 0.1) is 11.3 Å². The monoisotopic (exact) mass is 378 g/mol. The first kappa shape index (κ1) is 19.2. The number of anilines is 1. The number of sulfonamides is 1. The average molecular weight is 379 g/mol. The molecule has 1 aliphatic heterocycles. The smallest absolute Gasteiger partial charge is 0.251 e. The molecule has 2 unspecified atom stereocenters. The molecule has 2 atom stereocenters. The zero-order valence-corrected chi connectivity index (χ0v) is 17.0. The van der Waals surface area contributed by atoms with Crippen molar-refractivity contribution in [2.24, 2.45) is 11.3 Å². The quantitative estimate of drug-likeness (QED) is 0.877. The van der Waals surface area contributed by atoms with Crippen LogP contribution >= 0.6 is 0 Å². The lowest BCUT2D eigenvalue weighted by Crippen LogP contribution is -2.46. The maximum Gasteiger partial charge on any atom is 0.251 e. The minimum absolute atomic E-state index is 0.0493. The lowest BCUT2D eigenvalue weighted by molar-refractivity contribution is 0.0830. The normalized spacial score (nSPS) is 23.6. The highest BCUT2D eigenvalue weighted by atomic mass is 32.2. The number of nitrogens with zero attached hydrogens (tertiary/aromatic N) is 1. The maximum absolute atomic E-state index is 12.8. The molecule has 5 nitrogen and oxygen atoms in total. The van der Waals surface area contributed by atoms with Gasteiger partial charge in [-0.1, -0.05) is 33.6 Å². The number of rotatable bonds is 3. The fourth-order valence-electron chi connectivity index (χ4n) is 4.45. The first-order valence-corrected chi connectivity index (χ1v) is 11.3. The number of hydrogen-bond acceptors (Lipinski definition) is 3. The zero-order valence-electron chi connectivity index (χ0n) is 16.2. The second kappa shape index (κ2) is 6.87. The average Bonchev–Trinajstić information content (AvgIpc) is 2.97. The van der Waals surface area contributed by atoms with Gasteiger partial charge in [0.05, 0.1) is 11.9 Å². The molecule has 2 aliphatic rings. The van der Waals surface area contributed by atoms with Gasteiger partial charge in [-0.05, 0) is 54.4 Å². The van der Waals surface area contributed by atoms with E-state index in [0.717, 1.165) is 24.8 Å². The number of fused-ring (bicyclic) bond motifs is 1. The summed E-state index contributed by atoms with van der Waals surface area (Å²) in [6, 6.07) is 5.56. The molecule has 1 saturated carbocycles. The van der Waals surface area contributed by atoms with Crippen molar-refractivity contribution in [2.75, 3.05) is 17.1 Å². The largest absolute Gasteiger partial charge is 0.349 e. The Kier molecular flexibility index (Phi) is 5.08. The van der Waals surface area contributed by atoms with Gasteiger partial charge in [-0.25, -0.2) is 8.42 Å². The predicted molar refractivity (Wildman–Crippen MR) is 105 cm³/mol. The molecular formula is C20H30N2O3S. The minimum Gasteiger partial charge on any atom is -0.349 e. The summed E-state index contributed by atoms with van der Waals surface area (Å²) in [6.07, 6.45) is 6.44. The molecule has 6 heteroatoms. The summed E-state index contributed by atoms with van der Waals surface area (Å²) in [6.45, 7) is 7.19. The third-order valence-corrected chi connectivity index (χ3v) is 6.97. The highest BCUT2D eigenvalue weighted by molar-refractivity contribution is 7.92. The number of carbonyl (C=O) groups excluding carboxylic acids is 1. The number of amides is 1. The molecule has 0 radical (unpaired) electrons. The van der Waals surface area contributed by atoms with E-state index in [4.69, 9.17) is 0 Å². The van der Waals surface area contributed by atoms with Crippen molar-refractivity contribution in [1.29, 1.82) is 0 Å². The van der Waals surface area contributed by atoms with E-state index in [9.17, 15) is 13.2 Å². The highest BCUT2D eigenvalue weighted by Gasteiger charge is 2.35. The van der Waals surface area contributed by atoms with Crippen molar-refractivity contribution < 1.29 is 13.2 Å². The third-order valence-electron chi connectivity index (χ3n) is 5.79. The summed E-state index contributed by atoms with van der Waals surface area (Å²) in [7, 11) is -3.26. The molecule has 1 aliphatic carbocycles. The van der Waals surface area contributed by atoms with Crippen molar-refractivity contribution in [3.8, 4) is 0 Å².